The molecule has 3 aromatic rings. The van der Waals surface area contributed by atoms with E-state index < -0.39 is 5.82 Å². The van der Waals surface area contributed by atoms with Crippen LogP contribution < -0.4 is 15.5 Å². The van der Waals surface area contributed by atoms with Gasteiger partial charge in [0.1, 0.15) is 5.82 Å². The molecule has 0 saturated heterocycles. The van der Waals surface area contributed by atoms with Crippen LogP contribution in [0.1, 0.15) is 23.6 Å². The van der Waals surface area contributed by atoms with E-state index in [4.69, 9.17) is 4.74 Å². The lowest BCUT2D eigenvalue weighted by Gasteiger charge is -2.18. The molecule has 0 unspecified atom stereocenters. The van der Waals surface area contributed by atoms with Crippen LogP contribution in [0.25, 0.3) is 11.3 Å². The summed E-state index contributed by atoms with van der Waals surface area (Å²) in [6, 6.07) is 18.5. The molecule has 0 radical (unpaired) electrons. The first kappa shape index (κ1) is 23.7. The van der Waals surface area contributed by atoms with Crippen LogP contribution in [-0.4, -0.2) is 31.9 Å². The molecule has 0 bridgehead atoms. The van der Waals surface area contributed by atoms with Crippen LogP contribution in [0.15, 0.2) is 66.7 Å². The first-order valence-corrected chi connectivity index (χ1v) is 10.9. The zero-order valence-electron chi connectivity index (χ0n) is 19.5. The molecule has 0 aromatic heterocycles. The minimum Gasteiger partial charge on any atom is -0.469 e. The Labute approximate surface area is 202 Å². The number of hydrogen-bond acceptors (Lipinski definition) is 5. The molecule has 0 aliphatic carbocycles. The van der Waals surface area contributed by atoms with Gasteiger partial charge in [-0.3, -0.25) is 14.4 Å². The molecular formula is C27H24FN3O4. The third kappa shape index (κ3) is 5.06. The largest absolute Gasteiger partial charge is 0.469 e. The van der Waals surface area contributed by atoms with Crippen molar-refractivity contribution in [3.8, 4) is 0 Å². The number of methoxy groups -OCH3 is 1. The van der Waals surface area contributed by atoms with Crippen molar-refractivity contribution < 1.29 is 23.5 Å². The Bertz CT molecular complexity index is 1330. The first-order valence-electron chi connectivity index (χ1n) is 10.9. The van der Waals surface area contributed by atoms with Crippen molar-refractivity contribution in [2.45, 2.75) is 13.3 Å². The standard InChI is InChI=1S/C27H24FN3O4/c1-16(32)31(2)21-11-9-20(10-12-21)29-26(18-6-4-17(5-7-18)14-24(33)35-3)25-22-13-8-19(28)15-23(22)30-27(25)34/h4-13,15,29H,14H2,1-3H3,(H,30,34)/b26-25-. The van der Waals surface area contributed by atoms with E-state index in [2.05, 4.69) is 10.6 Å². The summed E-state index contributed by atoms with van der Waals surface area (Å²) < 4.78 is 18.5. The van der Waals surface area contributed by atoms with Crippen LogP contribution in [0.4, 0.5) is 21.5 Å². The summed E-state index contributed by atoms with van der Waals surface area (Å²) in [7, 11) is 3.02. The van der Waals surface area contributed by atoms with E-state index in [9.17, 15) is 18.8 Å². The van der Waals surface area contributed by atoms with Gasteiger partial charge in [-0.1, -0.05) is 24.3 Å². The summed E-state index contributed by atoms with van der Waals surface area (Å²) in [6.45, 7) is 1.48. The van der Waals surface area contributed by atoms with Gasteiger partial charge in [0.2, 0.25) is 5.91 Å². The third-order valence-electron chi connectivity index (χ3n) is 5.79. The highest BCUT2D eigenvalue weighted by Crippen LogP contribution is 2.38. The number of benzene rings is 3. The SMILES string of the molecule is COC(=O)Cc1ccc(/C(Nc2ccc(N(C)C(C)=O)cc2)=C2/C(=O)Nc3cc(F)ccc32)cc1. The summed E-state index contributed by atoms with van der Waals surface area (Å²) in [5, 5.41) is 6.04. The van der Waals surface area contributed by atoms with Crippen molar-refractivity contribution in [1.29, 1.82) is 0 Å². The van der Waals surface area contributed by atoms with Gasteiger partial charge in [-0.2, -0.15) is 0 Å². The average molecular weight is 474 g/mol. The average Bonchev–Trinajstić information content (AvgIpc) is 3.17. The molecule has 1 aliphatic rings. The highest BCUT2D eigenvalue weighted by atomic mass is 19.1. The zero-order valence-corrected chi connectivity index (χ0v) is 19.5. The molecular weight excluding hydrogens is 449 g/mol. The van der Waals surface area contributed by atoms with Crippen LogP contribution in [0.5, 0.6) is 0 Å². The predicted octanol–water partition coefficient (Wildman–Crippen LogP) is 4.46. The Morgan fingerprint density at radius 2 is 1.71 bits per heavy atom. The fourth-order valence-electron chi connectivity index (χ4n) is 3.79. The zero-order chi connectivity index (χ0) is 25.1. The second-order valence-corrected chi connectivity index (χ2v) is 8.09. The number of carbonyl (C=O) groups excluding carboxylic acids is 3. The van der Waals surface area contributed by atoms with E-state index in [0.29, 0.717) is 33.8 Å². The lowest BCUT2D eigenvalue weighted by Crippen LogP contribution is -2.22. The van der Waals surface area contributed by atoms with E-state index in [-0.39, 0.29) is 24.2 Å². The maximum absolute atomic E-state index is 13.8. The first-order chi connectivity index (χ1) is 16.8. The van der Waals surface area contributed by atoms with Crippen LogP contribution in [0, 0.1) is 5.82 Å². The van der Waals surface area contributed by atoms with E-state index in [1.807, 2.05) is 0 Å². The third-order valence-corrected chi connectivity index (χ3v) is 5.79. The van der Waals surface area contributed by atoms with Gasteiger partial charge < -0.3 is 20.3 Å². The molecule has 0 spiro atoms. The number of carbonyl (C=O) groups is 3. The molecule has 0 saturated carbocycles. The second kappa shape index (κ2) is 9.80. The van der Waals surface area contributed by atoms with Crippen LogP contribution in [0.3, 0.4) is 0 Å². The topological polar surface area (TPSA) is 87.7 Å². The van der Waals surface area contributed by atoms with Gasteiger partial charge >= 0.3 is 5.97 Å². The minimum absolute atomic E-state index is 0.0907. The molecule has 2 N–H and O–H groups in total. The number of halogens is 1. The van der Waals surface area contributed by atoms with Crippen molar-refractivity contribution >= 4 is 46.1 Å². The van der Waals surface area contributed by atoms with E-state index in [1.54, 1.807) is 61.6 Å². The van der Waals surface area contributed by atoms with Gasteiger partial charge in [0, 0.05) is 30.9 Å². The number of fused-ring (bicyclic) bond motifs is 1. The Balaban J connectivity index is 1.77. The van der Waals surface area contributed by atoms with Gasteiger partial charge in [-0.25, -0.2) is 4.39 Å². The second-order valence-electron chi connectivity index (χ2n) is 8.09. The van der Waals surface area contributed by atoms with Crippen molar-refractivity contribution in [3.05, 3.63) is 89.2 Å². The quantitative estimate of drug-likeness (QED) is 0.408. The fourth-order valence-corrected chi connectivity index (χ4v) is 3.79. The molecule has 0 atom stereocenters. The maximum atomic E-state index is 13.8. The summed E-state index contributed by atoms with van der Waals surface area (Å²) in [4.78, 5) is 37.8. The predicted molar refractivity (Wildman–Crippen MR) is 133 cm³/mol. The Kier molecular flexibility index (Phi) is 6.64. The van der Waals surface area contributed by atoms with Crippen molar-refractivity contribution in [2.75, 3.05) is 29.7 Å². The molecule has 3 aromatic carbocycles. The lowest BCUT2D eigenvalue weighted by atomic mass is 9.98. The lowest BCUT2D eigenvalue weighted by molar-refractivity contribution is -0.139. The summed E-state index contributed by atoms with van der Waals surface area (Å²) in [5.41, 5.74) is 4.73. The van der Waals surface area contributed by atoms with Gasteiger partial charge in [0.15, 0.2) is 0 Å². The number of rotatable bonds is 6. The Hall–Kier alpha value is -4.46. The number of ether oxygens (including phenoxy) is 1. The van der Waals surface area contributed by atoms with E-state index in [1.165, 1.54) is 31.1 Å². The highest BCUT2D eigenvalue weighted by Gasteiger charge is 2.29. The number of hydrogen-bond donors (Lipinski definition) is 2. The van der Waals surface area contributed by atoms with Gasteiger partial charge in [-0.05, 0) is 53.6 Å². The maximum Gasteiger partial charge on any atom is 0.309 e. The molecule has 8 heteroatoms. The number of esters is 1. The molecule has 0 fully saturated rings. The highest BCUT2D eigenvalue weighted by molar-refractivity contribution is 6.37. The molecule has 35 heavy (non-hydrogen) atoms. The fraction of sp³-hybridized carbons (Fsp3) is 0.148. The normalized spacial score (nSPS) is 13.5. The van der Waals surface area contributed by atoms with Crippen LogP contribution in [-0.2, 0) is 25.5 Å². The van der Waals surface area contributed by atoms with Crippen molar-refractivity contribution in [3.63, 3.8) is 0 Å². The Morgan fingerprint density at radius 3 is 2.34 bits per heavy atom. The molecule has 1 aliphatic heterocycles. The molecule has 4 rings (SSSR count). The summed E-state index contributed by atoms with van der Waals surface area (Å²) in [5.74, 6) is -1.25. The van der Waals surface area contributed by atoms with E-state index in [0.717, 1.165) is 11.3 Å². The van der Waals surface area contributed by atoms with Crippen LogP contribution >= 0.6 is 0 Å². The van der Waals surface area contributed by atoms with Gasteiger partial charge in [-0.15, -0.1) is 0 Å². The van der Waals surface area contributed by atoms with Gasteiger partial charge in [0.25, 0.3) is 5.91 Å². The van der Waals surface area contributed by atoms with Crippen LogP contribution in [0.2, 0.25) is 0 Å². The molecule has 1 heterocycles. The molecule has 178 valence electrons. The smallest absolute Gasteiger partial charge is 0.309 e. The van der Waals surface area contributed by atoms with Crippen molar-refractivity contribution in [1.82, 2.24) is 0 Å². The molecule has 7 nitrogen and oxygen atoms in total. The molecule has 2 amide bonds. The van der Waals surface area contributed by atoms with Crippen molar-refractivity contribution in [2.24, 2.45) is 0 Å². The number of amides is 2. The van der Waals surface area contributed by atoms with Gasteiger partial charge in [0.05, 0.1) is 30.5 Å². The Morgan fingerprint density at radius 1 is 1.03 bits per heavy atom. The van der Waals surface area contributed by atoms with E-state index >= 15 is 0 Å². The monoisotopic (exact) mass is 473 g/mol. The summed E-state index contributed by atoms with van der Waals surface area (Å²) >= 11 is 0. The number of nitrogens with zero attached hydrogens (tertiary/aromatic N) is 1. The minimum atomic E-state index is -0.447. The summed E-state index contributed by atoms with van der Waals surface area (Å²) in [6.07, 6.45) is 0.129. The number of nitrogens with one attached hydrogen (secondary N) is 2. The number of anilines is 3.